The van der Waals surface area contributed by atoms with Crippen LogP contribution >= 0.6 is 0 Å². The topological polar surface area (TPSA) is 105 Å². The fourth-order valence-electron chi connectivity index (χ4n) is 3.34. The zero-order chi connectivity index (χ0) is 24.7. The highest BCUT2D eigenvalue weighted by molar-refractivity contribution is 6.06. The van der Waals surface area contributed by atoms with E-state index >= 15 is 0 Å². The highest BCUT2D eigenvalue weighted by Crippen LogP contribution is 2.28. The zero-order valence-corrected chi connectivity index (χ0v) is 20.2. The molecule has 0 aliphatic rings. The molecular weight excluding hydrogens is 430 g/mol. The lowest BCUT2D eigenvalue weighted by Gasteiger charge is -2.21. The summed E-state index contributed by atoms with van der Waals surface area (Å²) in [5.74, 6) is 1.23. The molecule has 0 atom stereocenters. The number of benzene rings is 2. The number of anilines is 3. The zero-order valence-electron chi connectivity index (χ0n) is 20.2. The van der Waals surface area contributed by atoms with Crippen LogP contribution in [0.1, 0.15) is 49.2 Å². The summed E-state index contributed by atoms with van der Waals surface area (Å²) >= 11 is 0. The van der Waals surface area contributed by atoms with Gasteiger partial charge >= 0.3 is 0 Å². The number of amides is 2. The minimum absolute atomic E-state index is 0.0751. The molecule has 3 aromatic rings. The first-order valence-corrected chi connectivity index (χ1v) is 11.1. The summed E-state index contributed by atoms with van der Waals surface area (Å²) in [6.07, 6.45) is 2.16. The van der Waals surface area contributed by atoms with Crippen molar-refractivity contribution in [3.8, 4) is 5.75 Å². The number of aromatic nitrogens is 2. The standard InChI is InChI=1S/C26H31N5O3/c1-17(32)30-24-15-23(28-16-29-24)27-13-12-18-6-9-20(10-7-18)31-25(33)21-14-19(26(2,3)4)8-11-22(21)34-5/h6-11,14-16H,12-13H2,1-5H3,(H,31,33)(H2,27,28,29,30,32). The third kappa shape index (κ3) is 6.78. The van der Waals surface area contributed by atoms with Crippen molar-refractivity contribution in [1.29, 1.82) is 0 Å². The Morgan fingerprint density at radius 3 is 2.29 bits per heavy atom. The van der Waals surface area contributed by atoms with E-state index in [0.717, 1.165) is 17.5 Å². The van der Waals surface area contributed by atoms with Crippen LogP contribution in [0, 0.1) is 0 Å². The van der Waals surface area contributed by atoms with E-state index in [1.807, 2.05) is 42.5 Å². The van der Waals surface area contributed by atoms with E-state index in [0.29, 0.717) is 35.2 Å². The minimum Gasteiger partial charge on any atom is -0.496 e. The largest absolute Gasteiger partial charge is 0.496 e. The predicted molar refractivity (Wildman–Crippen MR) is 135 cm³/mol. The van der Waals surface area contributed by atoms with Crippen LogP contribution in [0.25, 0.3) is 0 Å². The van der Waals surface area contributed by atoms with E-state index in [4.69, 9.17) is 4.74 Å². The molecule has 0 saturated carbocycles. The van der Waals surface area contributed by atoms with Crippen molar-refractivity contribution in [3.05, 3.63) is 71.5 Å². The van der Waals surface area contributed by atoms with E-state index in [9.17, 15) is 9.59 Å². The number of nitrogens with zero attached hydrogens (tertiary/aromatic N) is 2. The maximum absolute atomic E-state index is 12.9. The Morgan fingerprint density at radius 1 is 0.941 bits per heavy atom. The average Bonchev–Trinajstić information content (AvgIpc) is 2.79. The van der Waals surface area contributed by atoms with Gasteiger partial charge < -0.3 is 20.7 Å². The van der Waals surface area contributed by atoms with Gasteiger partial charge in [-0.1, -0.05) is 39.0 Å². The van der Waals surface area contributed by atoms with E-state index in [2.05, 4.69) is 46.7 Å². The quantitative estimate of drug-likeness (QED) is 0.451. The number of hydrogen-bond acceptors (Lipinski definition) is 6. The van der Waals surface area contributed by atoms with Crippen molar-refractivity contribution in [2.24, 2.45) is 0 Å². The minimum atomic E-state index is -0.212. The highest BCUT2D eigenvalue weighted by atomic mass is 16.5. The number of methoxy groups -OCH3 is 1. The van der Waals surface area contributed by atoms with Crippen molar-refractivity contribution in [3.63, 3.8) is 0 Å². The molecule has 8 heteroatoms. The van der Waals surface area contributed by atoms with E-state index in [1.54, 1.807) is 13.2 Å². The number of ether oxygens (including phenoxy) is 1. The summed E-state index contributed by atoms with van der Waals surface area (Å²) in [6.45, 7) is 8.41. The van der Waals surface area contributed by atoms with Crippen molar-refractivity contribution in [2.45, 2.75) is 39.5 Å². The molecule has 0 aliphatic heterocycles. The molecule has 1 aromatic heterocycles. The predicted octanol–water partition coefficient (Wildman–Crippen LogP) is 4.65. The lowest BCUT2D eigenvalue weighted by Crippen LogP contribution is -2.17. The summed E-state index contributed by atoms with van der Waals surface area (Å²) in [5, 5.41) is 8.81. The van der Waals surface area contributed by atoms with Crippen molar-refractivity contribution in [2.75, 3.05) is 29.6 Å². The summed E-state index contributed by atoms with van der Waals surface area (Å²) in [4.78, 5) is 32.3. The molecule has 1 heterocycles. The Kier molecular flexibility index (Phi) is 7.83. The Morgan fingerprint density at radius 2 is 1.65 bits per heavy atom. The van der Waals surface area contributed by atoms with Gasteiger partial charge in [-0.05, 0) is 47.2 Å². The number of hydrogen-bond donors (Lipinski definition) is 3. The number of rotatable bonds is 8. The molecule has 0 unspecified atom stereocenters. The van der Waals surface area contributed by atoms with Gasteiger partial charge in [-0.2, -0.15) is 0 Å². The van der Waals surface area contributed by atoms with Gasteiger partial charge in [-0.25, -0.2) is 9.97 Å². The second-order valence-electron chi connectivity index (χ2n) is 8.96. The number of carbonyl (C=O) groups excluding carboxylic acids is 2. The first-order valence-electron chi connectivity index (χ1n) is 11.1. The van der Waals surface area contributed by atoms with Gasteiger partial charge in [0.15, 0.2) is 0 Å². The second-order valence-corrected chi connectivity index (χ2v) is 8.96. The Hall–Kier alpha value is -3.94. The lowest BCUT2D eigenvalue weighted by molar-refractivity contribution is -0.114. The molecule has 8 nitrogen and oxygen atoms in total. The molecule has 0 fully saturated rings. The molecule has 34 heavy (non-hydrogen) atoms. The Bertz CT molecular complexity index is 1150. The Balaban J connectivity index is 1.59. The van der Waals surface area contributed by atoms with Crippen LogP contribution in [0.2, 0.25) is 0 Å². The maximum Gasteiger partial charge on any atom is 0.259 e. The van der Waals surface area contributed by atoms with Crippen LogP contribution in [0.5, 0.6) is 5.75 Å². The number of nitrogens with one attached hydrogen (secondary N) is 3. The van der Waals surface area contributed by atoms with Crippen LogP contribution in [-0.4, -0.2) is 35.4 Å². The molecule has 2 aromatic carbocycles. The molecule has 3 N–H and O–H groups in total. The summed E-state index contributed by atoms with van der Waals surface area (Å²) in [7, 11) is 1.56. The third-order valence-electron chi connectivity index (χ3n) is 5.21. The van der Waals surface area contributed by atoms with Gasteiger partial charge in [0.1, 0.15) is 23.7 Å². The van der Waals surface area contributed by atoms with Crippen LogP contribution in [-0.2, 0) is 16.6 Å². The third-order valence-corrected chi connectivity index (χ3v) is 5.21. The molecular formula is C26H31N5O3. The van der Waals surface area contributed by atoms with E-state index in [-0.39, 0.29) is 17.2 Å². The van der Waals surface area contributed by atoms with Gasteiger partial charge in [0.05, 0.1) is 12.7 Å². The molecule has 178 valence electrons. The first-order chi connectivity index (χ1) is 16.2. The normalized spacial score (nSPS) is 11.0. The summed E-state index contributed by atoms with van der Waals surface area (Å²) < 4.78 is 5.40. The maximum atomic E-state index is 12.9. The average molecular weight is 462 g/mol. The van der Waals surface area contributed by atoms with Crippen molar-refractivity contribution in [1.82, 2.24) is 9.97 Å². The second kappa shape index (κ2) is 10.8. The Labute approximate surface area is 200 Å². The molecule has 3 rings (SSSR count). The monoisotopic (exact) mass is 461 g/mol. The van der Waals surface area contributed by atoms with Crippen molar-refractivity contribution < 1.29 is 14.3 Å². The van der Waals surface area contributed by atoms with Gasteiger partial charge in [0.25, 0.3) is 5.91 Å². The van der Waals surface area contributed by atoms with E-state index in [1.165, 1.54) is 13.3 Å². The van der Waals surface area contributed by atoms with Gasteiger partial charge in [-0.15, -0.1) is 0 Å². The van der Waals surface area contributed by atoms with Crippen LogP contribution in [0.3, 0.4) is 0 Å². The van der Waals surface area contributed by atoms with Gasteiger partial charge in [0, 0.05) is 25.2 Å². The molecule has 0 aliphatic carbocycles. The molecule has 0 radical (unpaired) electrons. The SMILES string of the molecule is COc1ccc(C(C)(C)C)cc1C(=O)Nc1ccc(CCNc2cc(NC(C)=O)ncn2)cc1. The van der Waals surface area contributed by atoms with Gasteiger partial charge in [-0.3, -0.25) is 9.59 Å². The molecule has 0 bridgehead atoms. The molecule has 2 amide bonds. The fraction of sp³-hybridized carbons (Fsp3) is 0.308. The fourth-order valence-corrected chi connectivity index (χ4v) is 3.34. The first kappa shape index (κ1) is 24.7. The lowest BCUT2D eigenvalue weighted by atomic mass is 9.86. The smallest absolute Gasteiger partial charge is 0.259 e. The van der Waals surface area contributed by atoms with Crippen LogP contribution in [0.4, 0.5) is 17.3 Å². The highest BCUT2D eigenvalue weighted by Gasteiger charge is 2.19. The number of carbonyl (C=O) groups is 2. The summed E-state index contributed by atoms with van der Waals surface area (Å²) in [6, 6.07) is 15.1. The van der Waals surface area contributed by atoms with Gasteiger partial charge in [0.2, 0.25) is 5.91 Å². The molecule has 0 spiro atoms. The molecule has 0 saturated heterocycles. The van der Waals surface area contributed by atoms with Crippen LogP contribution in [0.15, 0.2) is 54.9 Å². The van der Waals surface area contributed by atoms with Crippen molar-refractivity contribution >= 4 is 29.1 Å². The summed E-state index contributed by atoms with van der Waals surface area (Å²) in [5.41, 5.74) is 3.31. The van der Waals surface area contributed by atoms with E-state index < -0.39 is 0 Å². The van der Waals surface area contributed by atoms with Crippen LogP contribution < -0.4 is 20.7 Å².